The van der Waals surface area contributed by atoms with Crippen molar-refractivity contribution in [3.05, 3.63) is 54.0 Å². The fourth-order valence-electron chi connectivity index (χ4n) is 2.83. The molecule has 1 aliphatic heterocycles. The van der Waals surface area contributed by atoms with Crippen molar-refractivity contribution in [2.45, 2.75) is 13.3 Å². The van der Waals surface area contributed by atoms with E-state index in [1.165, 1.54) is 6.26 Å². The molecule has 0 saturated carbocycles. The summed E-state index contributed by atoms with van der Waals surface area (Å²) in [6.45, 7) is 3.59. The SMILES string of the molecule is CCC(=O)Nc1cccc(C(=O)N2CCN(C(=O)c3ccco3)CC2)c1. The van der Waals surface area contributed by atoms with E-state index in [9.17, 15) is 14.4 Å². The lowest BCUT2D eigenvalue weighted by Crippen LogP contribution is -2.50. The summed E-state index contributed by atoms with van der Waals surface area (Å²) in [6.07, 6.45) is 1.85. The van der Waals surface area contributed by atoms with Crippen molar-refractivity contribution >= 4 is 23.4 Å². The van der Waals surface area contributed by atoms with Crippen LogP contribution in [0, 0.1) is 0 Å². The average molecular weight is 355 g/mol. The number of hydrogen-bond donors (Lipinski definition) is 1. The molecular formula is C19H21N3O4. The van der Waals surface area contributed by atoms with E-state index >= 15 is 0 Å². The van der Waals surface area contributed by atoms with Gasteiger partial charge in [-0.1, -0.05) is 13.0 Å². The van der Waals surface area contributed by atoms with Crippen LogP contribution in [0.5, 0.6) is 0 Å². The van der Waals surface area contributed by atoms with Gasteiger partial charge in [0.2, 0.25) is 5.91 Å². The number of rotatable bonds is 4. The van der Waals surface area contributed by atoms with Gasteiger partial charge < -0.3 is 19.5 Å². The maximum atomic E-state index is 12.7. The molecule has 3 amide bonds. The minimum absolute atomic E-state index is 0.0975. The number of benzene rings is 1. The molecule has 136 valence electrons. The molecule has 1 aromatic carbocycles. The number of carbonyl (C=O) groups excluding carboxylic acids is 3. The van der Waals surface area contributed by atoms with Crippen LogP contribution in [0.4, 0.5) is 5.69 Å². The predicted octanol–water partition coefficient (Wildman–Crippen LogP) is 2.23. The highest BCUT2D eigenvalue weighted by atomic mass is 16.3. The van der Waals surface area contributed by atoms with Crippen LogP contribution in [0.15, 0.2) is 47.1 Å². The highest BCUT2D eigenvalue weighted by Gasteiger charge is 2.26. The highest BCUT2D eigenvalue weighted by molar-refractivity contribution is 5.97. The van der Waals surface area contributed by atoms with Crippen molar-refractivity contribution in [3.8, 4) is 0 Å². The minimum Gasteiger partial charge on any atom is -0.459 e. The van der Waals surface area contributed by atoms with Gasteiger partial charge in [-0.25, -0.2) is 0 Å². The summed E-state index contributed by atoms with van der Waals surface area (Å²) >= 11 is 0. The van der Waals surface area contributed by atoms with E-state index in [2.05, 4.69) is 5.32 Å². The lowest BCUT2D eigenvalue weighted by Gasteiger charge is -2.34. The van der Waals surface area contributed by atoms with E-state index in [1.54, 1.807) is 53.1 Å². The standard InChI is InChI=1S/C19H21N3O4/c1-2-17(23)20-15-6-3-5-14(13-15)18(24)21-8-10-22(11-9-21)19(25)16-7-4-12-26-16/h3-7,12-13H,2,8-11H2,1H3,(H,20,23). The monoisotopic (exact) mass is 355 g/mol. The van der Waals surface area contributed by atoms with E-state index in [-0.39, 0.29) is 17.7 Å². The second-order valence-corrected chi connectivity index (χ2v) is 6.04. The molecule has 1 N–H and O–H groups in total. The number of furan rings is 1. The molecule has 1 saturated heterocycles. The van der Waals surface area contributed by atoms with Crippen molar-refractivity contribution < 1.29 is 18.8 Å². The van der Waals surface area contributed by atoms with Crippen LogP contribution in [-0.2, 0) is 4.79 Å². The maximum absolute atomic E-state index is 12.7. The third-order valence-electron chi connectivity index (χ3n) is 4.30. The molecule has 2 heterocycles. The van der Waals surface area contributed by atoms with Gasteiger partial charge in [0.1, 0.15) is 0 Å². The summed E-state index contributed by atoms with van der Waals surface area (Å²) in [7, 11) is 0. The Bertz CT molecular complexity index is 793. The molecule has 2 aromatic rings. The second kappa shape index (κ2) is 7.86. The third-order valence-corrected chi connectivity index (χ3v) is 4.30. The van der Waals surface area contributed by atoms with Gasteiger partial charge in [-0.15, -0.1) is 0 Å². The zero-order valence-electron chi connectivity index (χ0n) is 14.6. The fraction of sp³-hybridized carbons (Fsp3) is 0.316. The zero-order valence-corrected chi connectivity index (χ0v) is 14.6. The molecule has 7 nitrogen and oxygen atoms in total. The minimum atomic E-state index is -0.161. The van der Waals surface area contributed by atoms with Crippen molar-refractivity contribution in [1.29, 1.82) is 0 Å². The van der Waals surface area contributed by atoms with E-state index in [0.717, 1.165) is 0 Å². The molecule has 1 aromatic heterocycles. The van der Waals surface area contributed by atoms with Gasteiger partial charge in [0.25, 0.3) is 11.8 Å². The Morgan fingerprint density at radius 2 is 1.69 bits per heavy atom. The molecule has 0 atom stereocenters. The van der Waals surface area contributed by atoms with Gasteiger partial charge in [0, 0.05) is 43.9 Å². The van der Waals surface area contributed by atoms with Crippen LogP contribution in [0.1, 0.15) is 34.3 Å². The first-order valence-electron chi connectivity index (χ1n) is 8.60. The van der Waals surface area contributed by atoms with Gasteiger partial charge in [0.05, 0.1) is 6.26 Å². The van der Waals surface area contributed by atoms with E-state index in [1.807, 2.05) is 0 Å². The number of nitrogens with one attached hydrogen (secondary N) is 1. The van der Waals surface area contributed by atoms with Crippen molar-refractivity contribution in [3.63, 3.8) is 0 Å². The molecule has 0 aliphatic carbocycles. The van der Waals surface area contributed by atoms with Crippen molar-refractivity contribution in [2.75, 3.05) is 31.5 Å². The molecule has 0 spiro atoms. The summed E-state index contributed by atoms with van der Waals surface area (Å²) in [6, 6.07) is 10.2. The lowest BCUT2D eigenvalue weighted by atomic mass is 10.1. The quantitative estimate of drug-likeness (QED) is 0.912. The molecule has 1 fully saturated rings. The van der Waals surface area contributed by atoms with Crippen LogP contribution in [-0.4, -0.2) is 53.7 Å². The highest BCUT2D eigenvalue weighted by Crippen LogP contribution is 2.15. The first kappa shape index (κ1) is 17.7. The zero-order chi connectivity index (χ0) is 18.5. The van der Waals surface area contributed by atoms with Gasteiger partial charge in [-0.05, 0) is 30.3 Å². The smallest absolute Gasteiger partial charge is 0.289 e. The van der Waals surface area contributed by atoms with Crippen LogP contribution in [0.3, 0.4) is 0 Å². The Balaban J connectivity index is 1.61. The van der Waals surface area contributed by atoms with E-state index < -0.39 is 0 Å². The normalized spacial score (nSPS) is 14.2. The molecular weight excluding hydrogens is 334 g/mol. The largest absolute Gasteiger partial charge is 0.459 e. The Kier molecular flexibility index (Phi) is 5.36. The van der Waals surface area contributed by atoms with Crippen molar-refractivity contribution in [1.82, 2.24) is 9.80 Å². The van der Waals surface area contributed by atoms with E-state index in [4.69, 9.17) is 4.42 Å². The average Bonchev–Trinajstić information content (AvgIpc) is 3.22. The number of hydrogen-bond acceptors (Lipinski definition) is 4. The Labute approximate surface area is 151 Å². The van der Waals surface area contributed by atoms with Crippen LogP contribution in [0.25, 0.3) is 0 Å². The van der Waals surface area contributed by atoms with Gasteiger partial charge in [-0.2, -0.15) is 0 Å². The molecule has 0 radical (unpaired) electrons. The summed E-state index contributed by atoms with van der Waals surface area (Å²) in [4.78, 5) is 39.9. The lowest BCUT2D eigenvalue weighted by molar-refractivity contribution is -0.115. The fourth-order valence-corrected chi connectivity index (χ4v) is 2.83. The predicted molar refractivity (Wildman–Crippen MR) is 95.9 cm³/mol. The molecule has 0 unspecified atom stereocenters. The van der Waals surface area contributed by atoms with Crippen LogP contribution < -0.4 is 5.32 Å². The van der Waals surface area contributed by atoms with Gasteiger partial charge >= 0.3 is 0 Å². The number of piperazine rings is 1. The molecule has 26 heavy (non-hydrogen) atoms. The molecule has 1 aliphatic rings. The Morgan fingerprint density at radius 3 is 2.31 bits per heavy atom. The summed E-state index contributed by atoms with van der Waals surface area (Å²) in [5, 5.41) is 2.75. The first-order chi connectivity index (χ1) is 12.6. The molecule has 0 bridgehead atoms. The molecule has 3 rings (SSSR count). The number of anilines is 1. The Hall–Kier alpha value is -3.09. The van der Waals surface area contributed by atoms with E-state index in [0.29, 0.717) is 49.6 Å². The number of carbonyl (C=O) groups is 3. The van der Waals surface area contributed by atoms with Crippen molar-refractivity contribution in [2.24, 2.45) is 0 Å². The number of nitrogens with zero attached hydrogens (tertiary/aromatic N) is 2. The third kappa shape index (κ3) is 3.93. The first-order valence-corrected chi connectivity index (χ1v) is 8.60. The van der Waals surface area contributed by atoms with Gasteiger partial charge in [-0.3, -0.25) is 14.4 Å². The Morgan fingerprint density at radius 1 is 1.00 bits per heavy atom. The van der Waals surface area contributed by atoms with Crippen LogP contribution in [0.2, 0.25) is 0 Å². The topological polar surface area (TPSA) is 82.9 Å². The van der Waals surface area contributed by atoms with Crippen LogP contribution >= 0.6 is 0 Å². The number of amides is 3. The summed E-state index contributed by atoms with van der Waals surface area (Å²) in [5.74, 6) is -0.0575. The van der Waals surface area contributed by atoms with Gasteiger partial charge in [0.15, 0.2) is 5.76 Å². The maximum Gasteiger partial charge on any atom is 0.289 e. The molecule has 7 heteroatoms. The summed E-state index contributed by atoms with van der Waals surface area (Å²) < 4.78 is 5.14. The second-order valence-electron chi connectivity index (χ2n) is 6.04. The summed E-state index contributed by atoms with van der Waals surface area (Å²) in [5.41, 5.74) is 1.12.